The summed E-state index contributed by atoms with van der Waals surface area (Å²) in [5.74, 6) is 0. The summed E-state index contributed by atoms with van der Waals surface area (Å²) in [6.45, 7) is 8.37. The third-order valence-electron chi connectivity index (χ3n) is 10.7. The van der Waals surface area contributed by atoms with Crippen LogP contribution in [-0.4, -0.2) is 15.0 Å². The topological polar surface area (TPSA) is 60.1 Å². The second kappa shape index (κ2) is 14.5. The molecule has 58 heavy (non-hydrogen) atoms. The number of nitrogens with zero attached hydrogens (tertiary/aromatic N) is 4. The van der Waals surface area contributed by atoms with E-state index in [0.29, 0.717) is 16.7 Å². The summed E-state index contributed by atoms with van der Waals surface area (Å²) in [6.07, 6.45) is 0. The minimum Gasteiger partial charge on any atom is -0.309 e. The highest BCUT2D eigenvalue weighted by Crippen LogP contribution is 2.44. The van der Waals surface area contributed by atoms with Crippen LogP contribution in [0.4, 0.5) is 5.69 Å². The summed E-state index contributed by atoms with van der Waals surface area (Å²) in [5.41, 5.74) is 9.45. The van der Waals surface area contributed by atoms with Gasteiger partial charge in [0.1, 0.15) is 0 Å². The van der Waals surface area contributed by atoms with Crippen LogP contribution in [0.15, 0.2) is 200 Å². The van der Waals surface area contributed by atoms with E-state index < -0.39 is 7.14 Å². The first kappa shape index (κ1) is 34.9. The summed E-state index contributed by atoms with van der Waals surface area (Å²) in [4.78, 5) is 20.0. The molecule has 2 heterocycles. The van der Waals surface area contributed by atoms with Crippen molar-refractivity contribution >= 4 is 61.5 Å². The smallest absolute Gasteiger partial charge is 0.215 e. The Labute approximate surface area is 336 Å². The minimum atomic E-state index is -3.11. The molecule has 0 fully saturated rings. The molecule has 10 rings (SSSR count). The molecule has 10 aromatic rings. The first-order valence-electron chi connectivity index (χ1n) is 19.1. The largest absolute Gasteiger partial charge is 0.309 e. The van der Waals surface area contributed by atoms with Crippen LogP contribution in [0, 0.1) is 6.57 Å². The molecule has 0 amide bonds. The van der Waals surface area contributed by atoms with Gasteiger partial charge in [0.25, 0.3) is 0 Å². The molecule has 0 bridgehead atoms. The van der Waals surface area contributed by atoms with Gasteiger partial charge in [-0.3, -0.25) is 4.98 Å². The number of pyridine rings is 1. The van der Waals surface area contributed by atoms with Gasteiger partial charge in [-0.05, 0) is 29.3 Å². The molecule has 0 saturated heterocycles. The molecular weight excluding hydrogens is 728 g/mol. The molecule has 0 aliphatic heterocycles. The van der Waals surface area contributed by atoms with Gasteiger partial charge in [-0.15, -0.1) is 0 Å². The van der Waals surface area contributed by atoms with Crippen LogP contribution in [0.3, 0.4) is 0 Å². The third-order valence-corrected chi connectivity index (χ3v) is 13.8. The molecule has 5 nitrogen and oxygen atoms in total. The zero-order valence-corrected chi connectivity index (χ0v) is 32.1. The number of para-hydroxylation sites is 1. The van der Waals surface area contributed by atoms with Crippen molar-refractivity contribution in [1.29, 1.82) is 0 Å². The quantitative estimate of drug-likeness (QED) is 0.0922. The molecule has 0 saturated carbocycles. The van der Waals surface area contributed by atoms with Crippen LogP contribution in [0.5, 0.6) is 0 Å². The normalized spacial score (nSPS) is 11.5. The predicted octanol–water partition coefficient (Wildman–Crippen LogP) is 12.2. The van der Waals surface area contributed by atoms with Crippen LogP contribution in [-0.2, 0) is 4.57 Å². The van der Waals surface area contributed by atoms with Crippen molar-refractivity contribution in [2.24, 2.45) is 0 Å². The van der Waals surface area contributed by atoms with Gasteiger partial charge in [0, 0.05) is 48.8 Å². The van der Waals surface area contributed by atoms with Gasteiger partial charge in [-0.1, -0.05) is 182 Å². The fraction of sp³-hybridized carbons (Fsp3) is 0. The number of rotatable bonds is 7. The Balaban J connectivity index is 1.16. The number of benzene rings is 8. The summed E-state index contributed by atoms with van der Waals surface area (Å²) >= 11 is 0. The maximum absolute atomic E-state index is 15.0. The van der Waals surface area contributed by atoms with Crippen molar-refractivity contribution in [3.05, 3.63) is 212 Å². The SMILES string of the molecule is [C-]#[N+]c1cc2c(-c3cccc(-c4ccc(P(=O)(c5ccccc5)c5ccccc5)cc4)c3)nc3ccccc3c2c2nc(-c3ccccc3)c(-c3ccccc3)nc12. The molecule has 0 aliphatic rings. The Bertz CT molecular complexity index is 3200. The molecule has 6 heteroatoms. The van der Waals surface area contributed by atoms with Crippen molar-refractivity contribution in [3.8, 4) is 44.9 Å². The maximum Gasteiger partial charge on any atom is 0.215 e. The highest BCUT2D eigenvalue weighted by atomic mass is 31.2. The molecule has 0 atom stereocenters. The van der Waals surface area contributed by atoms with Gasteiger partial charge in [-0.2, -0.15) is 0 Å². The van der Waals surface area contributed by atoms with Gasteiger partial charge in [0.2, 0.25) is 5.69 Å². The Morgan fingerprint density at radius 1 is 0.397 bits per heavy atom. The van der Waals surface area contributed by atoms with E-state index in [9.17, 15) is 0 Å². The van der Waals surface area contributed by atoms with Gasteiger partial charge in [0.05, 0.1) is 40.2 Å². The average molecular weight is 761 g/mol. The second-order valence-electron chi connectivity index (χ2n) is 14.2. The monoisotopic (exact) mass is 760 g/mol. The van der Waals surface area contributed by atoms with Crippen LogP contribution in [0.1, 0.15) is 0 Å². The summed E-state index contributed by atoms with van der Waals surface area (Å²) < 4.78 is 15.0. The molecule has 0 radical (unpaired) electrons. The van der Waals surface area contributed by atoms with E-state index in [2.05, 4.69) is 53.4 Å². The van der Waals surface area contributed by atoms with Crippen molar-refractivity contribution in [3.63, 3.8) is 0 Å². The number of hydrogen-bond acceptors (Lipinski definition) is 4. The van der Waals surface area contributed by atoms with E-state index >= 15 is 4.57 Å². The van der Waals surface area contributed by atoms with Crippen molar-refractivity contribution in [2.45, 2.75) is 0 Å². The molecule has 0 spiro atoms. The Kier molecular flexibility index (Phi) is 8.75. The molecule has 0 N–H and O–H groups in total. The van der Waals surface area contributed by atoms with Crippen LogP contribution < -0.4 is 15.9 Å². The first-order valence-corrected chi connectivity index (χ1v) is 20.8. The van der Waals surface area contributed by atoms with Crippen LogP contribution in [0.2, 0.25) is 0 Å². The maximum atomic E-state index is 15.0. The van der Waals surface area contributed by atoms with E-state index in [0.717, 1.165) is 82.5 Å². The van der Waals surface area contributed by atoms with Crippen LogP contribution in [0.25, 0.3) is 82.5 Å². The van der Waals surface area contributed by atoms with Crippen LogP contribution >= 0.6 is 7.14 Å². The third kappa shape index (κ3) is 5.96. The summed E-state index contributed by atoms with van der Waals surface area (Å²) in [6, 6.07) is 66.0. The van der Waals surface area contributed by atoms with Crippen molar-refractivity contribution in [1.82, 2.24) is 15.0 Å². The number of hydrogen-bond donors (Lipinski definition) is 0. The minimum absolute atomic E-state index is 0.415. The van der Waals surface area contributed by atoms with E-state index in [-0.39, 0.29) is 0 Å². The van der Waals surface area contributed by atoms with E-state index in [1.807, 2.05) is 152 Å². The fourth-order valence-electron chi connectivity index (χ4n) is 7.95. The lowest BCUT2D eigenvalue weighted by Gasteiger charge is -2.20. The Morgan fingerprint density at radius 3 is 1.50 bits per heavy atom. The van der Waals surface area contributed by atoms with Gasteiger partial charge in [0.15, 0.2) is 7.14 Å². The highest BCUT2D eigenvalue weighted by Gasteiger charge is 2.29. The van der Waals surface area contributed by atoms with Gasteiger partial charge < -0.3 is 4.57 Å². The Morgan fingerprint density at radius 2 is 0.897 bits per heavy atom. The van der Waals surface area contributed by atoms with E-state index in [1.54, 1.807) is 0 Å². The first-order chi connectivity index (χ1) is 28.6. The lowest BCUT2D eigenvalue weighted by Crippen LogP contribution is -2.24. The standard InChI is InChI=1S/C52H33N4OP/c1-53-46-34-44-47(52-51(46)55-49(36-17-6-2-7-18-36)50(56-52)37-19-8-3-9-20-37)43-27-14-15-28-45(43)54-48(44)39-22-16-21-38(33-39)35-29-31-42(32-30-35)58(57,40-23-10-4-11-24-40)41-25-12-5-13-26-41/h2-34H. The molecule has 8 aromatic carbocycles. The lowest BCUT2D eigenvalue weighted by atomic mass is 9.95. The molecular formula is C52H33N4OP. The fourth-order valence-corrected chi connectivity index (χ4v) is 10.6. The van der Waals surface area contributed by atoms with Gasteiger partial charge >= 0.3 is 0 Å². The predicted molar refractivity (Wildman–Crippen MR) is 240 cm³/mol. The number of aromatic nitrogens is 3. The number of fused-ring (bicyclic) bond motifs is 5. The lowest BCUT2D eigenvalue weighted by molar-refractivity contribution is 0.592. The molecule has 0 unspecified atom stereocenters. The van der Waals surface area contributed by atoms with Gasteiger partial charge in [-0.25, -0.2) is 14.8 Å². The summed E-state index contributed by atoms with van der Waals surface area (Å²) in [5, 5.41) is 5.05. The van der Waals surface area contributed by atoms with Crippen molar-refractivity contribution in [2.75, 3.05) is 0 Å². The van der Waals surface area contributed by atoms with E-state index in [1.165, 1.54) is 0 Å². The Hall–Kier alpha value is -7.51. The van der Waals surface area contributed by atoms with Crippen molar-refractivity contribution < 1.29 is 4.57 Å². The zero-order valence-electron chi connectivity index (χ0n) is 31.2. The zero-order chi connectivity index (χ0) is 39.1. The molecule has 2 aromatic heterocycles. The van der Waals surface area contributed by atoms with E-state index in [4.69, 9.17) is 21.5 Å². The summed E-state index contributed by atoms with van der Waals surface area (Å²) in [7, 11) is -3.11. The second-order valence-corrected chi connectivity index (χ2v) is 16.9. The highest BCUT2D eigenvalue weighted by molar-refractivity contribution is 7.85. The molecule has 272 valence electrons. The molecule has 0 aliphatic carbocycles. The average Bonchev–Trinajstić information content (AvgIpc) is 3.31.